The van der Waals surface area contributed by atoms with Gasteiger partial charge in [-0.3, -0.25) is 4.79 Å². The van der Waals surface area contributed by atoms with Gasteiger partial charge >= 0.3 is 0 Å². The zero-order chi connectivity index (χ0) is 13.8. The zero-order valence-electron chi connectivity index (χ0n) is 10.1. The molecule has 1 rings (SSSR count). The first-order valence-electron chi connectivity index (χ1n) is 5.26. The molecule has 7 heteroatoms. The van der Waals surface area contributed by atoms with Gasteiger partial charge in [0.15, 0.2) is 5.76 Å². The number of aliphatic hydroxyl groups excluding tert-OH is 1. The van der Waals surface area contributed by atoms with Crippen molar-refractivity contribution < 1.29 is 23.1 Å². The fraction of sp³-hybridized carbons (Fsp3) is 0.545. The lowest BCUT2D eigenvalue weighted by molar-refractivity contribution is 0.0840. The molecular formula is C11H15F2NO3S. The number of hydrogen-bond acceptors (Lipinski definition) is 4. The molecule has 1 amide bonds. The van der Waals surface area contributed by atoms with Gasteiger partial charge in [-0.15, -0.1) is 0 Å². The Labute approximate surface area is 108 Å². The molecule has 1 heterocycles. The molecular weight excluding hydrogens is 264 g/mol. The summed E-state index contributed by atoms with van der Waals surface area (Å²) in [6.45, 7) is 3.09. The van der Waals surface area contributed by atoms with Crippen molar-refractivity contribution >= 4 is 17.7 Å². The third kappa shape index (κ3) is 4.66. The predicted molar refractivity (Wildman–Crippen MR) is 64.6 cm³/mol. The maximum Gasteiger partial charge on any atom is 0.287 e. The van der Waals surface area contributed by atoms with E-state index >= 15 is 0 Å². The monoisotopic (exact) mass is 279 g/mol. The summed E-state index contributed by atoms with van der Waals surface area (Å²) in [5.74, 6) is -2.59. The van der Waals surface area contributed by atoms with Gasteiger partial charge in [-0.1, -0.05) is 11.8 Å². The van der Waals surface area contributed by atoms with E-state index in [0.29, 0.717) is 17.5 Å². The second kappa shape index (κ2) is 6.19. The number of aliphatic hydroxyl groups is 1. The van der Waals surface area contributed by atoms with Gasteiger partial charge in [-0.2, -0.15) is 8.78 Å². The van der Waals surface area contributed by atoms with Crippen molar-refractivity contribution in [2.75, 3.05) is 6.61 Å². The largest absolute Gasteiger partial charge is 0.455 e. The molecule has 4 nitrogen and oxygen atoms in total. The van der Waals surface area contributed by atoms with Gasteiger partial charge in [0.2, 0.25) is 0 Å². The lowest BCUT2D eigenvalue weighted by atomic mass is 10.1. The van der Waals surface area contributed by atoms with Crippen LogP contribution in [0, 0.1) is 0 Å². The first-order valence-corrected chi connectivity index (χ1v) is 6.31. The molecule has 0 bridgehead atoms. The van der Waals surface area contributed by atoms with Crippen LogP contribution in [0.1, 0.15) is 30.2 Å². The predicted octanol–water partition coefficient (Wildman–Crippen LogP) is 2.24. The highest BCUT2D eigenvalue weighted by atomic mass is 32.2. The van der Waals surface area contributed by atoms with Gasteiger partial charge in [-0.25, -0.2) is 0 Å². The highest BCUT2D eigenvalue weighted by Gasteiger charge is 2.22. The van der Waals surface area contributed by atoms with Crippen LogP contribution in [0.15, 0.2) is 16.5 Å². The normalized spacial score (nSPS) is 11.9. The number of carbonyl (C=O) groups excluding carboxylic acids is 1. The van der Waals surface area contributed by atoms with Crippen LogP contribution < -0.4 is 5.32 Å². The van der Waals surface area contributed by atoms with E-state index in [0.717, 1.165) is 0 Å². The average Bonchev–Trinajstić information content (AvgIpc) is 2.74. The van der Waals surface area contributed by atoms with Gasteiger partial charge in [0.05, 0.1) is 17.9 Å². The van der Waals surface area contributed by atoms with E-state index in [4.69, 9.17) is 9.52 Å². The molecule has 2 N–H and O–H groups in total. The molecule has 0 saturated heterocycles. The smallest absolute Gasteiger partial charge is 0.287 e. The lowest BCUT2D eigenvalue weighted by Gasteiger charge is -2.22. The standard InChI is InChI=1S/C11H15F2NO3S/c1-11(2,6-15)14-9(16)8-4-3-7(17-8)5-18-10(12)13/h3-4,10,15H,5-6H2,1-2H3,(H,14,16). The lowest BCUT2D eigenvalue weighted by Crippen LogP contribution is -2.46. The van der Waals surface area contributed by atoms with Gasteiger partial charge in [0.1, 0.15) is 5.76 Å². The second-order valence-corrected chi connectivity index (χ2v) is 5.31. The molecule has 102 valence electrons. The highest BCUT2D eigenvalue weighted by Crippen LogP contribution is 2.21. The van der Waals surface area contributed by atoms with Crippen LogP contribution in [0.25, 0.3) is 0 Å². The number of alkyl halides is 2. The summed E-state index contributed by atoms with van der Waals surface area (Å²) >= 11 is 0.428. The van der Waals surface area contributed by atoms with Gasteiger partial charge in [-0.05, 0) is 26.0 Å². The van der Waals surface area contributed by atoms with Crippen molar-refractivity contribution in [3.63, 3.8) is 0 Å². The van der Waals surface area contributed by atoms with Crippen LogP contribution in [-0.4, -0.2) is 28.9 Å². The number of thioether (sulfide) groups is 1. The summed E-state index contributed by atoms with van der Waals surface area (Å²) in [5, 5.41) is 11.6. The maximum atomic E-state index is 12.0. The third-order valence-electron chi connectivity index (χ3n) is 2.08. The zero-order valence-corrected chi connectivity index (χ0v) is 10.9. The fourth-order valence-corrected chi connectivity index (χ4v) is 1.58. The molecule has 0 unspecified atom stereocenters. The van der Waals surface area contributed by atoms with E-state index in [9.17, 15) is 13.6 Å². The minimum absolute atomic E-state index is 0.00827. The topological polar surface area (TPSA) is 62.5 Å². The van der Waals surface area contributed by atoms with Crippen molar-refractivity contribution in [2.24, 2.45) is 0 Å². The second-order valence-electron chi connectivity index (χ2n) is 4.33. The number of amides is 1. The van der Waals surface area contributed by atoms with E-state index in [1.807, 2.05) is 0 Å². The van der Waals surface area contributed by atoms with Crippen LogP contribution in [0.5, 0.6) is 0 Å². The first-order chi connectivity index (χ1) is 8.34. The van der Waals surface area contributed by atoms with Crippen LogP contribution in [0.4, 0.5) is 8.78 Å². The Hall–Kier alpha value is -1.08. The molecule has 0 aromatic carbocycles. The van der Waals surface area contributed by atoms with E-state index in [1.54, 1.807) is 13.8 Å². The molecule has 18 heavy (non-hydrogen) atoms. The Morgan fingerprint density at radius 1 is 1.56 bits per heavy atom. The number of furan rings is 1. The van der Waals surface area contributed by atoms with E-state index < -0.39 is 17.2 Å². The number of halogens is 2. The summed E-state index contributed by atoms with van der Waals surface area (Å²) in [6, 6.07) is 2.90. The number of hydrogen-bond donors (Lipinski definition) is 2. The average molecular weight is 279 g/mol. The Bertz CT molecular complexity index is 407. The molecule has 0 saturated carbocycles. The van der Waals surface area contributed by atoms with E-state index in [2.05, 4.69) is 5.32 Å². The van der Waals surface area contributed by atoms with E-state index in [-0.39, 0.29) is 18.1 Å². The molecule has 0 aliphatic carbocycles. The van der Waals surface area contributed by atoms with Gasteiger partial charge < -0.3 is 14.8 Å². The Morgan fingerprint density at radius 2 is 2.22 bits per heavy atom. The first kappa shape index (κ1) is 15.0. The maximum absolute atomic E-state index is 12.0. The van der Waals surface area contributed by atoms with Crippen LogP contribution in [0.2, 0.25) is 0 Å². The molecule has 1 aromatic heterocycles. The third-order valence-corrected chi connectivity index (χ3v) is 2.79. The van der Waals surface area contributed by atoms with Crippen molar-refractivity contribution in [3.8, 4) is 0 Å². The Morgan fingerprint density at radius 3 is 2.78 bits per heavy atom. The molecule has 1 aromatic rings. The van der Waals surface area contributed by atoms with Crippen molar-refractivity contribution in [2.45, 2.75) is 30.9 Å². The summed E-state index contributed by atoms with van der Waals surface area (Å²) in [7, 11) is 0. The molecule has 0 radical (unpaired) electrons. The van der Waals surface area contributed by atoms with Crippen LogP contribution >= 0.6 is 11.8 Å². The number of nitrogens with one attached hydrogen (secondary N) is 1. The number of rotatable bonds is 6. The molecule has 0 atom stereocenters. The Balaban J connectivity index is 2.60. The van der Waals surface area contributed by atoms with Crippen molar-refractivity contribution in [1.82, 2.24) is 5.32 Å². The quantitative estimate of drug-likeness (QED) is 0.838. The Kier molecular flexibility index (Phi) is 5.15. The minimum atomic E-state index is -2.47. The SMILES string of the molecule is CC(C)(CO)NC(=O)c1ccc(CSC(F)F)o1. The summed E-state index contributed by atoms with van der Waals surface area (Å²) in [5.41, 5.74) is -0.762. The van der Waals surface area contributed by atoms with Crippen molar-refractivity contribution in [3.05, 3.63) is 23.7 Å². The molecule has 0 aliphatic heterocycles. The molecule has 0 spiro atoms. The van der Waals surface area contributed by atoms with Crippen LogP contribution in [-0.2, 0) is 5.75 Å². The van der Waals surface area contributed by atoms with Gasteiger partial charge in [0.25, 0.3) is 11.7 Å². The minimum Gasteiger partial charge on any atom is -0.455 e. The number of carbonyl (C=O) groups is 1. The van der Waals surface area contributed by atoms with E-state index in [1.165, 1.54) is 12.1 Å². The molecule has 0 aliphatic rings. The molecule has 0 fully saturated rings. The fourth-order valence-electron chi connectivity index (χ4n) is 1.13. The van der Waals surface area contributed by atoms with Gasteiger partial charge in [0, 0.05) is 0 Å². The summed E-state index contributed by atoms with van der Waals surface area (Å²) in [4.78, 5) is 11.7. The summed E-state index contributed by atoms with van der Waals surface area (Å²) in [6.07, 6.45) is 0. The van der Waals surface area contributed by atoms with Crippen LogP contribution in [0.3, 0.4) is 0 Å². The summed E-state index contributed by atoms with van der Waals surface area (Å²) < 4.78 is 29.1. The highest BCUT2D eigenvalue weighted by molar-refractivity contribution is 7.98. The van der Waals surface area contributed by atoms with Crippen molar-refractivity contribution in [1.29, 1.82) is 0 Å².